The number of amides is 1. The molecule has 7 nitrogen and oxygen atoms in total. The van der Waals surface area contributed by atoms with E-state index in [2.05, 4.69) is 0 Å². The summed E-state index contributed by atoms with van der Waals surface area (Å²) in [6, 6.07) is 8.18. The molecule has 134 valence electrons. The average Bonchev–Trinajstić information content (AvgIpc) is 2.76. The molecule has 0 N–H and O–H groups in total. The van der Waals surface area contributed by atoms with Crippen LogP contribution in [0.3, 0.4) is 0 Å². The summed E-state index contributed by atoms with van der Waals surface area (Å²) in [6.45, 7) is 4.55. The van der Waals surface area contributed by atoms with E-state index >= 15 is 0 Å². The molecule has 8 heteroatoms. The van der Waals surface area contributed by atoms with E-state index in [4.69, 9.17) is 9.47 Å². The molecule has 3 rings (SSSR count). The molecular formula is C17H19NO6S. The quantitative estimate of drug-likeness (QED) is 0.577. The smallest absolute Gasteiger partial charge is 0.330 e. The maximum Gasteiger partial charge on any atom is 0.330 e. The number of benzene rings is 1. The SMILES string of the molecule is CC(=O)O[C@H]1C(=O)N2[C@@H](C(=O)OCc3ccccc3)C(C)(C)S(=O)[C@@H]12. The lowest BCUT2D eigenvalue weighted by Gasteiger charge is -2.42. The Morgan fingerprint density at radius 1 is 1.24 bits per heavy atom. The predicted molar refractivity (Wildman–Crippen MR) is 88.4 cm³/mol. The van der Waals surface area contributed by atoms with Gasteiger partial charge in [-0.1, -0.05) is 30.3 Å². The van der Waals surface area contributed by atoms with Crippen molar-refractivity contribution in [1.29, 1.82) is 0 Å². The van der Waals surface area contributed by atoms with Crippen molar-refractivity contribution in [3.05, 3.63) is 35.9 Å². The van der Waals surface area contributed by atoms with Gasteiger partial charge in [0.25, 0.3) is 5.91 Å². The Labute approximate surface area is 147 Å². The fourth-order valence-electron chi connectivity index (χ4n) is 3.20. The topological polar surface area (TPSA) is 90.0 Å². The maximum absolute atomic E-state index is 12.7. The number of fused-ring (bicyclic) bond motifs is 1. The molecule has 1 aromatic carbocycles. The lowest BCUT2D eigenvalue weighted by molar-refractivity contribution is -0.182. The first-order valence-corrected chi connectivity index (χ1v) is 9.07. The fourth-order valence-corrected chi connectivity index (χ4v) is 5.08. The Balaban J connectivity index is 1.77. The van der Waals surface area contributed by atoms with Crippen LogP contribution in [0.2, 0.25) is 0 Å². The van der Waals surface area contributed by atoms with E-state index in [1.165, 1.54) is 11.8 Å². The Morgan fingerprint density at radius 2 is 1.88 bits per heavy atom. The molecule has 0 radical (unpaired) electrons. The van der Waals surface area contributed by atoms with Gasteiger partial charge < -0.3 is 14.4 Å². The van der Waals surface area contributed by atoms with Gasteiger partial charge in [0.1, 0.15) is 12.6 Å². The Hall–Kier alpha value is -2.22. The molecule has 1 aromatic rings. The fraction of sp³-hybridized carbons (Fsp3) is 0.471. The number of hydrogen-bond donors (Lipinski definition) is 0. The minimum Gasteiger partial charge on any atom is -0.459 e. The molecule has 0 bridgehead atoms. The van der Waals surface area contributed by atoms with Gasteiger partial charge in [0.2, 0.25) is 6.10 Å². The average molecular weight is 365 g/mol. The van der Waals surface area contributed by atoms with Crippen molar-refractivity contribution in [2.24, 2.45) is 0 Å². The van der Waals surface area contributed by atoms with Gasteiger partial charge in [-0.05, 0) is 19.4 Å². The van der Waals surface area contributed by atoms with Crippen molar-refractivity contribution in [1.82, 2.24) is 4.90 Å². The molecule has 0 aliphatic carbocycles. The number of esters is 2. The van der Waals surface area contributed by atoms with Gasteiger partial charge in [-0.2, -0.15) is 0 Å². The Kier molecular flexibility index (Phi) is 4.40. The van der Waals surface area contributed by atoms with Crippen LogP contribution in [0, 0.1) is 0 Å². The first kappa shape index (κ1) is 17.6. The van der Waals surface area contributed by atoms with E-state index in [1.54, 1.807) is 13.8 Å². The van der Waals surface area contributed by atoms with Gasteiger partial charge in [-0.25, -0.2) is 4.79 Å². The highest BCUT2D eigenvalue weighted by Gasteiger charge is 2.69. The highest BCUT2D eigenvalue weighted by molar-refractivity contribution is 7.87. The predicted octanol–water partition coefficient (Wildman–Crippen LogP) is 0.739. The van der Waals surface area contributed by atoms with Crippen molar-refractivity contribution in [2.45, 2.75) is 49.6 Å². The van der Waals surface area contributed by atoms with Gasteiger partial charge in [0.05, 0.1) is 15.5 Å². The van der Waals surface area contributed by atoms with Gasteiger partial charge in [-0.15, -0.1) is 0 Å². The van der Waals surface area contributed by atoms with E-state index in [9.17, 15) is 18.6 Å². The lowest BCUT2D eigenvalue weighted by atomic mass is 9.97. The standard InChI is InChI=1S/C17H19NO6S/c1-10(19)24-12-14(20)18-13(17(2,3)25(22)15(12)18)16(21)23-9-11-7-5-4-6-8-11/h4-8,12-13,15H,9H2,1-3H3/t12-,13-,15-,25?/m0/s1. The number of ether oxygens (including phenoxy) is 2. The van der Waals surface area contributed by atoms with E-state index in [-0.39, 0.29) is 6.61 Å². The first-order chi connectivity index (χ1) is 11.7. The lowest BCUT2D eigenvalue weighted by Crippen LogP contribution is -2.67. The highest BCUT2D eigenvalue weighted by Crippen LogP contribution is 2.44. The van der Waals surface area contributed by atoms with Gasteiger partial charge in [0, 0.05) is 6.92 Å². The second kappa shape index (κ2) is 6.25. The van der Waals surface area contributed by atoms with Crippen LogP contribution in [0.1, 0.15) is 26.3 Å². The van der Waals surface area contributed by atoms with Crippen molar-refractivity contribution in [2.75, 3.05) is 0 Å². The molecule has 0 spiro atoms. The number of β-lactam (4-membered cyclic amide) rings is 1. The summed E-state index contributed by atoms with van der Waals surface area (Å²) >= 11 is 0. The molecule has 1 unspecified atom stereocenters. The molecule has 1 amide bonds. The van der Waals surface area contributed by atoms with E-state index in [1.807, 2.05) is 30.3 Å². The van der Waals surface area contributed by atoms with E-state index in [0.717, 1.165) is 5.56 Å². The monoisotopic (exact) mass is 365 g/mol. The molecule has 0 saturated carbocycles. The van der Waals surface area contributed by atoms with Crippen LogP contribution in [-0.4, -0.2) is 49.2 Å². The number of carbonyl (C=O) groups excluding carboxylic acids is 3. The van der Waals surface area contributed by atoms with Crippen LogP contribution in [0.25, 0.3) is 0 Å². The minimum atomic E-state index is -1.56. The van der Waals surface area contributed by atoms with Crippen molar-refractivity contribution >= 4 is 28.6 Å². The van der Waals surface area contributed by atoms with E-state index in [0.29, 0.717) is 0 Å². The van der Waals surface area contributed by atoms with Crippen LogP contribution in [0.4, 0.5) is 0 Å². The third kappa shape index (κ3) is 2.84. The van der Waals surface area contributed by atoms with Gasteiger partial charge in [0.15, 0.2) is 5.37 Å². The molecule has 2 aliphatic rings. The van der Waals surface area contributed by atoms with E-state index < -0.39 is 50.9 Å². The Bertz CT molecular complexity index is 747. The van der Waals surface area contributed by atoms with Crippen molar-refractivity contribution in [3.8, 4) is 0 Å². The van der Waals surface area contributed by atoms with Crippen LogP contribution in [0.15, 0.2) is 30.3 Å². The third-order valence-electron chi connectivity index (χ3n) is 4.45. The van der Waals surface area contributed by atoms with Crippen LogP contribution in [-0.2, 0) is 41.3 Å². The van der Waals surface area contributed by atoms with Crippen molar-refractivity contribution < 1.29 is 28.1 Å². The molecule has 4 atom stereocenters. The second-order valence-corrected chi connectivity index (χ2v) is 8.69. The first-order valence-electron chi connectivity index (χ1n) is 7.86. The summed E-state index contributed by atoms with van der Waals surface area (Å²) < 4.78 is 22.0. The number of rotatable bonds is 4. The summed E-state index contributed by atoms with van der Waals surface area (Å²) in [6.07, 6.45) is -1.09. The minimum absolute atomic E-state index is 0.0684. The molecule has 2 fully saturated rings. The van der Waals surface area contributed by atoms with Crippen LogP contribution >= 0.6 is 0 Å². The summed E-state index contributed by atoms with van der Waals surface area (Å²) in [4.78, 5) is 37.3. The molecule has 0 aromatic heterocycles. The molecule has 25 heavy (non-hydrogen) atoms. The number of carbonyl (C=O) groups is 3. The molecular weight excluding hydrogens is 346 g/mol. The third-order valence-corrected chi connectivity index (χ3v) is 6.62. The summed E-state index contributed by atoms with van der Waals surface area (Å²) in [5.74, 6) is -1.75. The number of hydrogen-bond acceptors (Lipinski definition) is 6. The summed E-state index contributed by atoms with van der Waals surface area (Å²) in [5.41, 5.74) is 0.817. The largest absolute Gasteiger partial charge is 0.459 e. The zero-order chi connectivity index (χ0) is 18.4. The summed E-state index contributed by atoms with van der Waals surface area (Å²) in [5, 5.41) is -0.805. The Morgan fingerprint density at radius 3 is 2.48 bits per heavy atom. The van der Waals surface area contributed by atoms with Gasteiger partial charge in [-0.3, -0.25) is 13.8 Å². The highest BCUT2D eigenvalue weighted by atomic mass is 32.2. The molecule has 2 saturated heterocycles. The van der Waals surface area contributed by atoms with Crippen molar-refractivity contribution in [3.63, 3.8) is 0 Å². The van der Waals surface area contributed by atoms with Crippen LogP contribution < -0.4 is 0 Å². The summed E-state index contributed by atoms with van der Waals surface area (Å²) in [7, 11) is -1.56. The molecule has 2 heterocycles. The maximum atomic E-state index is 12.7. The molecule has 2 aliphatic heterocycles. The number of nitrogens with zero attached hydrogens (tertiary/aromatic N) is 1. The van der Waals surface area contributed by atoms with Gasteiger partial charge >= 0.3 is 11.9 Å². The van der Waals surface area contributed by atoms with Crippen LogP contribution in [0.5, 0.6) is 0 Å². The second-order valence-electron chi connectivity index (χ2n) is 6.56. The normalized spacial score (nSPS) is 29.6. The zero-order valence-corrected chi connectivity index (χ0v) is 14.9. The zero-order valence-electron chi connectivity index (χ0n) is 14.1.